The van der Waals surface area contributed by atoms with Crippen molar-refractivity contribution in [3.63, 3.8) is 0 Å². The monoisotopic (exact) mass is 326 g/mol. The Morgan fingerprint density at radius 3 is 2.83 bits per heavy atom. The highest BCUT2D eigenvalue weighted by Gasteiger charge is 2.59. The van der Waals surface area contributed by atoms with Gasteiger partial charge in [0, 0.05) is 32.0 Å². The number of halogens is 2. The number of alkyl halides is 2. The molecule has 1 aromatic rings. The van der Waals surface area contributed by atoms with Gasteiger partial charge in [0.15, 0.2) is 11.6 Å². The van der Waals surface area contributed by atoms with Gasteiger partial charge in [-0.15, -0.1) is 0 Å². The molecule has 23 heavy (non-hydrogen) atoms. The predicted octanol–water partition coefficient (Wildman–Crippen LogP) is 0.829. The molecule has 2 aliphatic heterocycles. The number of nitrogens with one attached hydrogen (secondary N) is 2. The topological polar surface area (TPSA) is 88.3 Å². The highest BCUT2D eigenvalue weighted by molar-refractivity contribution is 5.69. The van der Waals surface area contributed by atoms with Crippen LogP contribution in [0.25, 0.3) is 0 Å². The van der Waals surface area contributed by atoms with Gasteiger partial charge in [0.05, 0.1) is 5.54 Å². The van der Waals surface area contributed by atoms with Gasteiger partial charge < -0.3 is 26.0 Å². The number of nitrogens with two attached hydrogens (primary N) is 1. The summed E-state index contributed by atoms with van der Waals surface area (Å²) in [7, 11) is 1.93. The number of nitrogens with zero attached hydrogens (tertiary/aromatic N) is 3. The van der Waals surface area contributed by atoms with Gasteiger partial charge in [0.1, 0.15) is 6.61 Å². The summed E-state index contributed by atoms with van der Waals surface area (Å²) in [5.41, 5.74) is 5.07. The summed E-state index contributed by atoms with van der Waals surface area (Å²) >= 11 is 0. The molecule has 1 atom stereocenters. The maximum absolute atomic E-state index is 13.3. The number of hydrogen-bond acceptors (Lipinski definition) is 7. The first-order valence-corrected chi connectivity index (χ1v) is 7.78. The van der Waals surface area contributed by atoms with Crippen molar-refractivity contribution in [2.75, 3.05) is 42.7 Å². The molecule has 1 aromatic heterocycles. The zero-order valence-electron chi connectivity index (χ0n) is 12.9. The molecule has 1 saturated carbocycles. The molecule has 7 nitrogen and oxygen atoms in total. The molecule has 0 unspecified atom stereocenters. The van der Waals surface area contributed by atoms with Crippen molar-refractivity contribution >= 4 is 17.6 Å². The van der Waals surface area contributed by atoms with Gasteiger partial charge in [0.25, 0.3) is 5.92 Å². The standard InChI is InChI=1S/C14H20F2N6O/c1-18-8-2-3-22(4-8)11-9-10(19-12(17)20-11)21-13(7-23-9)5-14(15,16)6-13/h8,18H,2-7H2,1H3,(H3,17,19,20,21)/t8-/m1/s1. The van der Waals surface area contributed by atoms with E-state index in [4.69, 9.17) is 10.5 Å². The first-order chi connectivity index (χ1) is 10.9. The summed E-state index contributed by atoms with van der Waals surface area (Å²) in [6.07, 6.45) is 0.507. The average Bonchev–Trinajstić information content (AvgIpc) is 2.92. The van der Waals surface area contributed by atoms with E-state index in [-0.39, 0.29) is 25.4 Å². The van der Waals surface area contributed by atoms with Crippen LogP contribution in [0.2, 0.25) is 0 Å². The molecule has 3 heterocycles. The molecule has 4 N–H and O–H groups in total. The first kappa shape index (κ1) is 14.7. The van der Waals surface area contributed by atoms with Gasteiger partial charge in [-0.05, 0) is 13.5 Å². The molecule has 4 rings (SSSR count). The largest absolute Gasteiger partial charge is 0.484 e. The van der Waals surface area contributed by atoms with E-state index in [1.807, 2.05) is 7.05 Å². The number of anilines is 3. The highest BCUT2D eigenvalue weighted by atomic mass is 19.3. The van der Waals surface area contributed by atoms with Crippen molar-refractivity contribution in [2.45, 2.75) is 36.8 Å². The van der Waals surface area contributed by atoms with Crippen LogP contribution in [0.5, 0.6) is 5.75 Å². The van der Waals surface area contributed by atoms with E-state index >= 15 is 0 Å². The van der Waals surface area contributed by atoms with Crippen LogP contribution in [0.15, 0.2) is 0 Å². The Morgan fingerprint density at radius 2 is 2.17 bits per heavy atom. The van der Waals surface area contributed by atoms with Gasteiger partial charge in [-0.2, -0.15) is 9.97 Å². The number of nitrogen functional groups attached to an aromatic ring is 1. The summed E-state index contributed by atoms with van der Waals surface area (Å²) in [5.74, 6) is -0.951. The number of hydrogen-bond donors (Lipinski definition) is 3. The molecule has 9 heteroatoms. The van der Waals surface area contributed by atoms with E-state index in [2.05, 4.69) is 25.5 Å². The minimum absolute atomic E-state index is 0.117. The third kappa shape index (κ3) is 2.43. The summed E-state index contributed by atoms with van der Waals surface area (Å²) in [5, 5.41) is 6.36. The zero-order chi connectivity index (χ0) is 16.2. The van der Waals surface area contributed by atoms with Gasteiger partial charge in [-0.1, -0.05) is 0 Å². The third-order valence-corrected chi connectivity index (χ3v) is 4.83. The van der Waals surface area contributed by atoms with Crippen molar-refractivity contribution < 1.29 is 13.5 Å². The number of aromatic nitrogens is 2. The smallest absolute Gasteiger partial charge is 0.252 e. The second-order valence-corrected chi connectivity index (χ2v) is 6.71. The molecule has 0 bridgehead atoms. The normalized spacial score (nSPS) is 27.1. The average molecular weight is 326 g/mol. The molecule has 3 aliphatic rings. The van der Waals surface area contributed by atoms with E-state index in [1.54, 1.807) is 0 Å². The van der Waals surface area contributed by atoms with Crippen molar-refractivity contribution in [1.82, 2.24) is 15.3 Å². The van der Waals surface area contributed by atoms with Gasteiger partial charge in [-0.25, -0.2) is 8.78 Å². The van der Waals surface area contributed by atoms with Crippen LogP contribution >= 0.6 is 0 Å². The van der Waals surface area contributed by atoms with Crippen molar-refractivity contribution in [2.24, 2.45) is 0 Å². The highest BCUT2D eigenvalue weighted by Crippen LogP contribution is 2.51. The first-order valence-electron chi connectivity index (χ1n) is 7.78. The minimum atomic E-state index is -2.63. The molecular weight excluding hydrogens is 306 g/mol. The van der Waals surface area contributed by atoms with E-state index in [0.717, 1.165) is 19.5 Å². The molecule has 0 aromatic carbocycles. The van der Waals surface area contributed by atoms with Crippen molar-refractivity contribution in [3.05, 3.63) is 0 Å². The molecule has 1 spiro atoms. The van der Waals surface area contributed by atoms with Crippen LogP contribution in [-0.2, 0) is 0 Å². The van der Waals surface area contributed by atoms with Crippen molar-refractivity contribution in [1.29, 1.82) is 0 Å². The maximum Gasteiger partial charge on any atom is 0.252 e. The number of fused-ring (bicyclic) bond motifs is 1. The lowest BCUT2D eigenvalue weighted by Gasteiger charge is -2.49. The zero-order valence-corrected chi connectivity index (χ0v) is 12.9. The summed E-state index contributed by atoms with van der Waals surface area (Å²) in [6.45, 7) is 1.83. The number of likely N-dealkylation sites (N-methyl/N-ethyl adjacent to an activating group) is 1. The molecule has 1 saturated heterocycles. The van der Waals surface area contributed by atoms with Crippen LogP contribution in [0.1, 0.15) is 19.3 Å². The summed E-state index contributed by atoms with van der Waals surface area (Å²) in [4.78, 5) is 10.6. The molecular formula is C14H20F2N6O. The van der Waals surface area contributed by atoms with Gasteiger partial charge in [0.2, 0.25) is 11.7 Å². The van der Waals surface area contributed by atoms with Crippen LogP contribution in [0, 0.1) is 0 Å². The minimum Gasteiger partial charge on any atom is -0.484 e. The molecule has 0 radical (unpaired) electrons. The van der Waals surface area contributed by atoms with E-state index in [9.17, 15) is 8.78 Å². The second-order valence-electron chi connectivity index (χ2n) is 6.71. The summed E-state index contributed by atoms with van der Waals surface area (Å²) < 4.78 is 32.3. The van der Waals surface area contributed by atoms with Crippen LogP contribution in [-0.4, -0.2) is 54.2 Å². The molecule has 0 amide bonds. The second kappa shape index (κ2) is 4.80. The lowest BCUT2D eigenvalue weighted by molar-refractivity contribution is -0.126. The van der Waals surface area contributed by atoms with Gasteiger partial charge >= 0.3 is 0 Å². The number of ether oxygens (including phenoxy) is 1. The Bertz CT molecular complexity index is 632. The van der Waals surface area contributed by atoms with Gasteiger partial charge in [-0.3, -0.25) is 0 Å². The molecule has 126 valence electrons. The Labute approximate surface area is 132 Å². The fourth-order valence-corrected chi connectivity index (χ4v) is 3.70. The van der Waals surface area contributed by atoms with E-state index in [0.29, 0.717) is 23.4 Å². The molecule has 2 fully saturated rings. The fourth-order valence-electron chi connectivity index (χ4n) is 3.70. The quantitative estimate of drug-likeness (QED) is 0.742. The summed E-state index contributed by atoms with van der Waals surface area (Å²) in [6, 6.07) is 0.384. The SMILES string of the molecule is CN[C@@H]1CCN(c2nc(N)nc3c2OCC2(CC(F)(F)C2)N3)C1. The Hall–Kier alpha value is -1.90. The Kier molecular flexibility index (Phi) is 3.06. The Balaban J connectivity index is 1.62. The van der Waals surface area contributed by atoms with Crippen LogP contribution in [0.4, 0.5) is 26.4 Å². The lowest BCUT2D eigenvalue weighted by Crippen LogP contribution is -2.61. The van der Waals surface area contributed by atoms with Crippen LogP contribution < -0.4 is 26.0 Å². The fraction of sp³-hybridized carbons (Fsp3) is 0.714. The lowest BCUT2D eigenvalue weighted by atomic mass is 9.73. The van der Waals surface area contributed by atoms with Crippen LogP contribution in [0.3, 0.4) is 0 Å². The molecule has 1 aliphatic carbocycles. The maximum atomic E-state index is 13.3. The Morgan fingerprint density at radius 1 is 1.39 bits per heavy atom. The third-order valence-electron chi connectivity index (χ3n) is 4.83. The predicted molar refractivity (Wildman–Crippen MR) is 82.2 cm³/mol. The van der Waals surface area contributed by atoms with E-state index in [1.165, 1.54) is 0 Å². The van der Waals surface area contributed by atoms with E-state index < -0.39 is 11.5 Å². The number of rotatable bonds is 2. The van der Waals surface area contributed by atoms with Crippen molar-refractivity contribution in [3.8, 4) is 5.75 Å².